The fourth-order valence-electron chi connectivity index (χ4n) is 1.67. The number of esters is 1. The van der Waals surface area contributed by atoms with Crippen LogP contribution in [0.4, 0.5) is 0 Å². The van der Waals surface area contributed by atoms with E-state index >= 15 is 0 Å². The highest BCUT2D eigenvalue weighted by molar-refractivity contribution is 5.87. The average molecular weight is 314 g/mol. The maximum Gasteiger partial charge on any atom is 0.335 e. The first-order valence-corrected chi connectivity index (χ1v) is 6.55. The topological polar surface area (TPSA) is 107 Å². The monoisotopic (exact) mass is 314 g/mol. The third-order valence-electron chi connectivity index (χ3n) is 2.86. The number of rotatable bonds is 4. The smallest absolute Gasteiger partial charge is 0.335 e. The van der Waals surface area contributed by atoms with Gasteiger partial charge < -0.3 is 25.2 Å². The number of benzene rings is 2. The second kappa shape index (κ2) is 7.04. The van der Waals surface area contributed by atoms with Crippen LogP contribution in [0, 0.1) is 0 Å². The quantitative estimate of drug-likeness (QED) is 0.299. The Morgan fingerprint density at radius 2 is 1.30 bits per heavy atom. The summed E-state index contributed by atoms with van der Waals surface area (Å²) >= 11 is 0. The van der Waals surface area contributed by atoms with Gasteiger partial charge in [-0.05, 0) is 47.5 Å². The van der Waals surface area contributed by atoms with Crippen LogP contribution >= 0.6 is 0 Å². The minimum Gasteiger partial charge on any atom is -0.504 e. The van der Waals surface area contributed by atoms with Gasteiger partial charge in [-0.3, -0.25) is 0 Å². The molecule has 0 fully saturated rings. The summed E-state index contributed by atoms with van der Waals surface area (Å²) in [7, 11) is 0. The number of ether oxygens (including phenoxy) is 1. The van der Waals surface area contributed by atoms with Crippen LogP contribution in [0.2, 0.25) is 0 Å². The molecule has 2 rings (SSSR count). The second-order valence-corrected chi connectivity index (χ2v) is 4.57. The van der Waals surface area contributed by atoms with Crippen molar-refractivity contribution in [3.05, 3.63) is 59.9 Å². The van der Waals surface area contributed by atoms with Crippen LogP contribution in [-0.4, -0.2) is 26.4 Å². The molecule has 0 heterocycles. The molecule has 0 atom stereocenters. The van der Waals surface area contributed by atoms with E-state index < -0.39 is 5.97 Å². The molecule has 0 bridgehead atoms. The van der Waals surface area contributed by atoms with Crippen LogP contribution in [0.25, 0.3) is 12.2 Å². The lowest BCUT2D eigenvalue weighted by molar-refractivity contribution is -0.132. The largest absolute Gasteiger partial charge is 0.504 e. The number of carbonyl (C=O) groups excluding carboxylic acids is 1. The highest BCUT2D eigenvalue weighted by Crippen LogP contribution is 2.26. The molecule has 0 saturated carbocycles. The van der Waals surface area contributed by atoms with Crippen LogP contribution in [-0.2, 0) is 9.53 Å². The Hall–Kier alpha value is -3.41. The molecule has 0 saturated heterocycles. The first-order valence-electron chi connectivity index (χ1n) is 6.55. The molecule has 2 aromatic rings. The number of hydrogen-bond donors (Lipinski definition) is 4. The SMILES string of the molecule is O=C(/C=C/c1ccc(O)c(O)c1)OC=Cc1ccc(O)c(O)c1. The Kier molecular flexibility index (Phi) is 4.89. The predicted molar refractivity (Wildman–Crippen MR) is 83.7 cm³/mol. The Morgan fingerprint density at radius 3 is 1.83 bits per heavy atom. The lowest BCUT2D eigenvalue weighted by Crippen LogP contribution is -1.93. The van der Waals surface area contributed by atoms with E-state index in [-0.39, 0.29) is 23.0 Å². The van der Waals surface area contributed by atoms with Crippen molar-refractivity contribution < 1.29 is 30.0 Å². The van der Waals surface area contributed by atoms with Crippen LogP contribution < -0.4 is 0 Å². The van der Waals surface area contributed by atoms with Gasteiger partial charge in [-0.2, -0.15) is 0 Å². The van der Waals surface area contributed by atoms with E-state index in [1.807, 2.05) is 0 Å². The van der Waals surface area contributed by atoms with Crippen molar-refractivity contribution in [1.29, 1.82) is 0 Å². The summed E-state index contributed by atoms with van der Waals surface area (Å²) in [5.41, 5.74) is 1.06. The molecule has 6 heteroatoms. The first-order chi connectivity index (χ1) is 11.0. The summed E-state index contributed by atoms with van der Waals surface area (Å²) in [6, 6.07) is 8.29. The number of aromatic hydroxyl groups is 4. The molecule has 0 aromatic heterocycles. The van der Waals surface area contributed by atoms with E-state index in [1.165, 1.54) is 48.6 Å². The van der Waals surface area contributed by atoms with Gasteiger partial charge in [0.15, 0.2) is 23.0 Å². The molecule has 6 nitrogen and oxygen atoms in total. The zero-order valence-electron chi connectivity index (χ0n) is 11.9. The summed E-state index contributed by atoms with van der Waals surface area (Å²) in [6.07, 6.45) is 5.16. The molecular weight excluding hydrogens is 300 g/mol. The van der Waals surface area contributed by atoms with Crippen LogP contribution in [0.15, 0.2) is 48.7 Å². The zero-order valence-corrected chi connectivity index (χ0v) is 11.9. The van der Waals surface area contributed by atoms with E-state index in [0.717, 1.165) is 12.3 Å². The molecule has 0 aliphatic heterocycles. The lowest BCUT2D eigenvalue weighted by Gasteiger charge is -1.99. The Labute approximate surface area is 131 Å². The van der Waals surface area contributed by atoms with Gasteiger partial charge in [-0.25, -0.2) is 4.79 Å². The third kappa shape index (κ3) is 4.53. The molecule has 0 aliphatic rings. The highest BCUT2D eigenvalue weighted by atomic mass is 16.5. The number of hydrogen-bond acceptors (Lipinski definition) is 6. The van der Waals surface area contributed by atoms with Crippen molar-refractivity contribution in [2.75, 3.05) is 0 Å². The van der Waals surface area contributed by atoms with Crippen molar-refractivity contribution in [2.45, 2.75) is 0 Å². The van der Waals surface area contributed by atoms with Gasteiger partial charge in [-0.15, -0.1) is 0 Å². The molecular formula is C17H14O6. The highest BCUT2D eigenvalue weighted by Gasteiger charge is 2.00. The molecule has 23 heavy (non-hydrogen) atoms. The minimum atomic E-state index is -0.642. The maximum absolute atomic E-state index is 11.5. The van der Waals surface area contributed by atoms with Crippen LogP contribution in [0.5, 0.6) is 23.0 Å². The summed E-state index contributed by atoms with van der Waals surface area (Å²) in [5, 5.41) is 37.0. The third-order valence-corrected chi connectivity index (χ3v) is 2.86. The van der Waals surface area contributed by atoms with Crippen molar-refractivity contribution in [1.82, 2.24) is 0 Å². The maximum atomic E-state index is 11.5. The van der Waals surface area contributed by atoms with Gasteiger partial charge in [0.1, 0.15) is 0 Å². The van der Waals surface area contributed by atoms with Gasteiger partial charge >= 0.3 is 5.97 Å². The van der Waals surface area contributed by atoms with Crippen LogP contribution in [0.3, 0.4) is 0 Å². The van der Waals surface area contributed by atoms with E-state index in [4.69, 9.17) is 4.74 Å². The fraction of sp³-hybridized carbons (Fsp3) is 0. The van der Waals surface area contributed by atoms with Gasteiger partial charge in [0.2, 0.25) is 0 Å². The molecule has 0 aliphatic carbocycles. The first kappa shape index (κ1) is 16.0. The summed E-state index contributed by atoms with van der Waals surface area (Å²) < 4.78 is 4.83. The molecule has 0 amide bonds. The second-order valence-electron chi connectivity index (χ2n) is 4.57. The van der Waals surface area contributed by atoms with Crippen molar-refractivity contribution in [3.63, 3.8) is 0 Å². The van der Waals surface area contributed by atoms with Crippen molar-refractivity contribution >= 4 is 18.1 Å². The minimum absolute atomic E-state index is 0.237. The number of phenols is 4. The zero-order chi connectivity index (χ0) is 16.8. The summed E-state index contributed by atoms with van der Waals surface area (Å²) in [6.45, 7) is 0. The Balaban J connectivity index is 1.93. The molecule has 0 unspecified atom stereocenters. The molecule has 0 spiro atoms. The van der Waals surface area contributed by atoms with Gasteiger partial charge in [0.25, 0.3) is 0 Å². The molecule has 0 radical (unpaired) electrons. The van der Waals surface area contributed by atoms with Crippen molar-refractivity contribution in [3.8, 4) is 23.0 Å². The lowest BCUT2D eigenvalue weighted by atomic mass is 10.2. The van der Waals surface area contributed by atoms with E-state index in [0.29, 0.717) is 11.1 Å². The van der Waals surface area contributed by atoms with Gasteiger partial charge in [0, 0.05) is 6.08 Å². The van der Waals surface area contributed by atoms with Gasteiger partial charge in [-0.1, -0.05) is 12.1 Å². The normalized spacial score (nSPS) is 11.1. The van der Waals surface area contributed by atoms with Gasteiger partial charge in [0.05, 0.1) is 6.26 Å². The standard InChI is InChI=1S/C17H14O6/c18-13-4-1-11(9-15(13)20)3-6-17(22)23-8-7-12-2-5-14(19)16(21)10-12/h1-10,18-21H/b6-3+,8-7?. The summed E-state index contributed by atoms with van der Waals surface area (Å²) in [5.74, 6) is -1.68. The number of carbonyl (C=O) groups is 1. The summed E-state index contributed by atoms with van der Waals surface area (Å²) in [4.78, 5) is 11.5. The number of phenolic OH excluding ortho intramolecular Hbond substituents is 4. The van der Waals surface area contributed by atoms with E-state index in [9.17, 15) is 25.2 Å². The fourth-order valence-corrected chi connectivity index (χ4v) is 1.67. The predicted octanol–water partition coefficient (Wildman–Crippen LogP) is 2.74. The average Bonchev–Trinajstić information content (AvgIpc) is 2.52. The van der Waals surface area contributed by atoms with E-state index in [1.54, 1.807) is 0 Å². The molecule has 2 aromatic carbocycles. The van der Waals surface area contributed by atoms with Crippen LogP contribution in [0.1, 0.15) is 11.1 Å². The van der Waals surface area contributed by atoms with E-state index in [2.05, 4.69) is 0 Å². The Bertz CT molecular complexity index is 777. The van der Waals surface area contributed by atoms with Crippen molar-refractivity contribution in [2.24, 2.45) is 0 Å². The molecule has 118 valence electrons. The molecule has 4 N–H and O–H groups in total. The Morgan fingerprint density at radius 1 is 0.783 bits per heavy atom.